The maximum atomic E-state index is 12.1. The molecule has 1 aliphatic carbocycles. The minimum Gasteiger partial charge on any atom is -0.462 e. The van der Waals surface area contributed by atoms with Gasteiger partial charge in [0.05, 0.1) is 11.6 Å². The molecule has 2 aliphatic rings. The van der Waals surface area contributed by atoms with Crippen LogP contribution in [0.3, 0.4) is 0 Å². The molecule has 22 heavy (non-hydrogen) atoms. The van der Waals surface area contributed by atoms with E-state index in [4.69, 9.17) is 4.74 Å². The second-order valence-corrected chi connectivity index (χ2v) is 7.65. The number of hydrogen-bond acceptors (Lipinski definition) is 3. The van der Waals surface area contributed by atoms with E-state index >= 15 is 0 Å². The number of ether oxygens (including phenoxy) is 1. The quantitative estimate of drug-likeness (QED) is 0.734. The molecule has 1 aromatic heterocycles. The van der Waals surface area contributed by atoms with Gasteiger partial charge in [0.15, 0.2) is 0 Å². The van der Waals surface area contributed by atoms with Crippen molar-refractivity contribution < 1.29 is 9.53 Å². The molecule has 0 amide bonds. The summed E-state index contributed by atoms with van der Waals surface area (Å²) in [5, 5.41) is 0. The Hall–Kier alpha value is -1.16. The Labute approximate surface area is 140 Å². The van der Waals surface area contributed by atoms with Gasteiger partial charge in [-0.25, -0.2) is 0 Å². The fourth-order valence-corrected chi connectivity index (χ4v) is 4.25. The van der Waals surface area contributed by atoms with E-state index < -0.39 is 0 Å². The highest BCUT2D eigenvalue weighted by molar-refractivity contribution is 9.10. The van der Waals surface area contributed by atoms with E-state index in [0.717, 1.165) is 16.6 Å². The molecule has 4 heteroatoms. The standard InChI is InChI=1S/C18H22BrNO2/c1-10-8-16-17(12(3)22-18(16)21)15(11(10)2)7-6-14-5-4-13(19)9-20-14/h4-7,9-12,15-17H,8H2,1-3H3/b7-6+/t10-,11+,12+,15-,16+,17-/m0/s1. The molecule has 0 spiro atoms. The van der Waals surface area contributed by atoms with Gasteiger partial charge in [0, 0.05) is 16.6 Å². The second-order valence-electron chi connectivity index (χ2n) is 6.74. The van der Waals surface area contributed by atoms with Crippen LogP contribution >= 0.6 is 15.9 Å². The summed E-state index contributed by atoms with van der Waals surface area (Å²) in [6.45, 7) is 6.57. The van der Waals surface area contributed by atoms with Gasteiger partial charge in [-0.05, 0) is 65.2 Å². The third-order valence-electron chi connectivity index (χ3n) is 5.43. The SMILES string of the molecule is C[C@H]1[C@H](/C=C/c2ccc(Br)cn2)[C@@H]2[C@@H](C)OC(=O)[C@@H]2C[C@@H]1C. The van der Waals surface area contributed by atoms with Crippen LogP contribution in [-0.4, -0.2) is 17.1 Å². The van der Waals surface area contributed by atoms with Crippen molar-refractivity contribution in [3.8, 4) is 0 Å². The maximum Gasteiger partial charge on any atom is 0.309 e. The molecule has 1 aromatic rings. The van der Waals surface area contributed by atoms with Crippen LogP contribution in [0, 0.1) is 29.6 Å². The van der Waals surface area contributed by atoms with Crippen molar-refractivity contribution in [2.45, 2.75) is 33.3 Å². The van der Waals surface area contributed by atoms with Crippen molar-refractivity contribution in [1.82, 2.24) is 4.98 Å². The number of fused-ring (bicyclic) bond motifs is 1. The fourth-order valence-electron chi connectivity index (χ4n) is 4.01. The number of pyridine rings is 1. The summed E-state index contributed by atoms with van der Waals surface area (Å²) in [6.07, 6.45) is 7.10. The Morgan fingerprint density at radius 1 is 1.32 bits per heavy atom. The van der Waals surface area contributed by atoms with E-state index in [2.05, 4.69) is 46.9 Å². The summed E-state index contributed by atoms with van der Waals surface area (Å²) in [5.74, 6) is 1.80. The van der Waals surface area contributed by atoms with Crippen LogP contribution in [0.2, 0.25) is 0 Å². The van der Waals surface area contributed by atoms with E-state index in [1.165, 1.54) is 0 Å². The molecule has 118 valence electrons. The van der Waals surface area contributed by atoms with Gasteiger partial charge in [0.1, 0.15) is 6.10 Å². The predicted octanol–water partition coefficient (Wildman–Crippen LogP) is 4.33. The van der Waals surface area contributed by atoms with Gasteiger partial charge in [-0.2, -0.15) is 0 Å². The summed E-state index contributed by atoms with van der Waals surface area (Å²) >= 11 is 3.40. The lowest BCUT2D eigenvalue weighted by Crippen LogP contribution is -2.39. The lowest BCUT2D eigenvalue weighted by molar-refractivity contribution is -0.144. The average Bonchev–Trinajstić information content (AvgIpc) is 2.76. The Balaban J connectivity index is 1.85. The molecule has 0 bridgehead atoms. The molecular weight excluding hydrogens is 342 g/mol. The number of carbonyl (C=O) groups excluding carboxylic acids is 1. The lowest BCUT2D eigenvalue weighted by Gasteiger charge is -2.40. The van der Waals surface area contributed by atoms with Crippen molar-refractivity contribution in [2.75, 3.05) is 0 Å². The molecule has 6 atom stereocenters. The zero-order chi connectivity index (χ0) is 15.9. The first-order chi connectivity index (χ1) is 10.5. The molecular formula is C18H22BrNO2. The first-order valence-corrected chi connectivity index (χ1v) is 8.77. The summed E-state index contributed by atoms with van der Waals surface area (Å²) in [4.78, 5) is 16.5. The van der Waals surface area contributed by atoms with E-state index in [9.17, 15) is 4.79 Å². The number of carbonyl (C=O) groups is 1. The van der Waals surface area contributed by atoms with Gasteiger partial charge in [0.2, 0.25) is 0 Å². The highest BCUT2D eigenvalue weighted by Gasteiger charge is 2.51. The summed E-state index contributed by atoms with van der Waals surface area (Å²) in [5.41, 5.74) is 0.947. The topological polar surface area (TPSA) is 39.2 Å². The van der Waals surface area contributed by atoms with Crippen LogP contribution in [0.15, 0.2) is 28.9 Å². The van der Waals surface area contributed by atoms with Crippen LogP contribution in [0.5, 0.6) is 0 Å². The fraction of sp³-hybridized carbons (Fsp3) is 0.556. The monoisotopic (exact) mass is 363 g/mol. The number of aromatic nitrogens is 1. The maximum absolute atomic E-state index is 12.1. The molecule has 0 aromatic carbocycles. The van der Waals surface area contributed by atoms with Gasteiger partial charge in [-0.15, -0.1) is 0 Å². The van der Waals surface area contributed by atoms with Crippen LogP contribution < -0.4 is 0 Å². The normalized spacial score (nSPS) is 38.1. The third-order valence-corrected chi connectivity index (χ3v) is 5.89. The number of allylic oxidation sites excluding steroid dienone is 1. The number of hydrogen-bond donors (Lipinski definition) is 0. The Morgan fingerprint density at radius 3 is 2.77 bits per heavy atom. The molecule has 1 saturated heterocycles. The number of cyclic esters (lactones) is 1. The van der Waals surface area contributed by atoms with E-state index in [1.54, 1.807) is 6.20 Å². The predicted molar refractivity (Wildman–Crippen MR) is 89.9 cm³/mol. The van der Waals surface area contributed by atoms with E-state index in [-0.39, 0.29) is 18.0 Å². The van der Waals surface area contributed by atoms with Crippen LogP contribution in [-0.2, 0) is 9.53 Å². The van der Waals surface area contributed by atoms with Crippen molar-refractivity contribution in [3.63, 3.8) is 0 Å². The molecule has 2 fully saturated rings. The molecule has 2 heterocycles. The number of halogens is 1. The first-order valence-electron chi connectivity index (χ1n) is 7.97. The molecule has 3 rings (SSSR count). The third kappa shape index (κ3) is 2.85. The Bertz CT molecular complexity index is 583. The van der Waals surface area contributed by atoms with Gasteiger partial charge < -0.3 is 4.74 Å². The highest BCUT2D eigenvalue weighted by atomic mass is 79.9. The molecule has 3 nitrogen and oxygen atoms in total. The molecule has 0 unspecified atom stereocenters. The number of rotatable bonds is 2. The smallest absolute Gasteiger partial charge is 0.309 e. The number of esters is 1. The molecule has 0 N–H and O–H groups in total. The van der Waals surface area contributed by atoms with Crippen molar-refractivity contribution >= 4 is 28.0 Å². The summed E-state index contributed by atoms with van der Waals surface area (Å²) in [6, 6.07) is 3.99. The molecule has 1 saturated carbocycles. The van der Waals surface area contributed by atoms with Gasteiger partial charge in [-0.1, -0.05) is 19.9 Å². The minimum atomic E-state index is -0.00332. The zero-order valence-corrected chi connectivity index (χ0v) is 14.8. The molecule has 1 aliphatic heterocycles. The van der Waals surface area contributed by atoms with E-state index in [0.29, 0.717) is 23.7 Å². The molecule has 0 radical (unpaired) electrons. The Kier molecular flexibility index (Phi) is 4.40. The highest BCUT2D eigenvalue weighted by Crippen LogP contribution is 2.48. The first kappa shape index (κ1) is 15.7. The van der Waals surface area contributed by atoms with Gasteiger partial charge in [-0.3, -0.25) is 9.78 Å². The lowest BCUT2D eigenvalue weighted by atomic mass is 9.62. The summed E-state index contributed by atoms with van der Waals surface area (Å²) in [7, 11) is 0. The van der Waals surface area contributed by atoms with Gasteiger partial charge >= 0.3 is 5.97 Å². The van der Waals surface area contributed by atoms with Crippen molar-refractivity contribution in [1.29, 1.82) is 0 Å². The van der Waals surface area contributed by atoms with Crippen LogP contribution in [0.4, 0.5) is 0 Å². The minimum absolute atomic E-state index is 0.00332. The largest absolute Gasteiger partial charge is 0.462 e. The van der Waals surface area contributed by atoms with E-state index in [1.807, 2.05) is 19.1 Å². The average molecular weight is 364 g/mol. The summed E-state index contributed by atoms with van der Waals surface area (Å²) < 4.78 is 6.49. The zero-order valence-electron chi connectivity index (χ0n) is 13.2. The van der Waals surface area contributed by atoms with Crippen LogP contribution in [0.25, 0.3) is 6.08 Å². The van der Waals surface area contributed by atoms with Crippen molar-refractivity contribution in [3.05, 3.63) is 34.6 Å². The van der Waals surface area contributed by atoms with Crippen LogP contribution in [0.1, 0.15) is 32.9 Å². The van der Waals surface area contributed by atoms with Gasteiger partial charge in [0.25, 0.3) is 0 Å². The Morgan fingerprint density at radius 2 is 2.09 bits per heavy atom. The van der Waals surface area contributed by atoms with Crippen molar-refractivity contribution in [2.24, 2.45) is 29.6 Å². The number of nitrogens with zero attached hydrogens (tertiary/aromatic N) is 1. The second kappa shape index (κ2) is 6.15.